The summed E-state index contributed by atoms with van der Waals surface area (Å²) in [6.07, 6.45) is 11.0. The second kappa shape index (κ2) is 10.7. The molecule has 1 amide bonds. The number of rotatable bonds is 8. The van der Waals surface area contributed by atoms with Gasteiger partial charge in [0.25, 0.3) is 0 Å². The van der Waals surface area contributed by atoms with Crippen LogP contribution < -0.4 is 9.64 Å². The van der Waals surface area contributed by atoms with Crippen molar-refractivity contribution in [3.05, 3.63) is 65.0 Å². The lowest BCUT2D eigenvalue weighted by Gasteiger charge is -2.32. The molecule has 38 heavy (non-hydrogen) atoms. The van der Waals surface area contributed by atoms with Crippen LogP contribution in [-0.4, -0.2) is 57.2 Å². The van der Waals surface area contributed by atoms with Gasteiger partial charge in [-0.15, -0.1) is 0 Å². The fourth-order valence-electron chi connectivity index (χ4n) is 6.06. The highest BCUT2D eigenvalue weighted by Crippen LogP contribution is 2.49. The van der Waals surface area contributed by atoms with E-state index < -0.39 is 0 Å². The minimum Gasteiger partial charge on any atom is -0.493 e. The molecule has 6 rings (SSSR count). The molecule has 3 aromatic rings. The Labute approximate surface area is 222 Å². The number of aromatic amines is 1. The zero-order chi connectivity index (χ0) is 26.1. The van der Waals surface area contributed by atoms with E-state index in [2.05, 4.69) is 25.1 Å². The lowest BCUT2D eigenvalue weighted by atomic mass is 9.90. The predicted molar refractivity (Wildman–Crippen MR) is 141 cm³/mol. The average Bonchev–Trinajstić information content (AvgIpc) is 3.55. The number of amides is 1. The van der Waals surface area contributed by atoms with Crippen LogP contribution in [0.4, 0.5) is 10.3 Å². The van der Waals surface area contributed by atoms with Crippen molar-refractivity contribution in [1.82, 2.24) is 25.1 Å². The fraction of sp³-hybridized carbons (Fsp3) is 0.517. The van der Waals surface area contributed by atoms with Crippen LogP contribution in [-0.2, 0) is 24.2 Å². The number of piperidine rings is 1. The lowest BCUT2D eigenvalue weighted by molar-refractivity contribution is -0.131. The zero-order valence-corrected chi connectivity index (χ0v) is 21.9. The summed E-state index contributed by atoms with van der Waals surface area (Å²) in [5, 5.41) is 7.01. The Balaban J connectivity index is 0.921. The molecule has 1 saturated carbocycles. The summed E-state index contributed by atoms with van der Waals surface area (Å²) < 4.78 is 20.7. The van der Waals surface area contributed by atoms with Gasteiger partial charge in [-0.25, -0.2) is 14.4 Å². The maximum Gasteiger partial charge on any atom is 0.227 e. The topological polar surface area (TPSA) is 87.2 Å². The lowest BCUT2D eigenvalue weighted by Crippen LogP contribution is -2.36. The third-order valence-electron chi connectivity index (χ3n) is 8.45. The van der Waals surface area contributed by atoms with Gasteiger partial charge in [0, 0.05) is 62.3 Å². The Bertz CT molecular complexity index is 1270. The van der Waals surface area contributed by atoms with Gasteiger partial charge in [-0.2, -0.15) is 5.10 Å². The van der Waals surface area contributed by atoms with Crippen LogP contribution >= 0.6 is 0 Å². The van der Waals surface area contributed by atoms with Crippen LogP contribution in [0.25, 0.3) is 0 Å². The van der Waals surface area contributed by atoms with Gasteiger partial charge < -0.3 is 14.5 Å². The maximum absolute atomic E-state index is 14.8. The van der Waals surface area contributed by atoms with Crippen LogP contribution in [0.15, 0.2) is 36.8 Å². The third-order valence-corrected chi connectivity index (χ3v) is 8.45. The number of aromatic nitrogens is 4. The van der Waals surface area contributed by atoms with E-state index in [4.69, 9.17) is 4.74 Å². The van der Waals surface area contributed by atoms with Crippen LogP contribution in [0.3, 0.4) is 0 Å². The van der Waals surface area contributed by atoms with Crippen LogP contribution in [0.2, 0.25) is 0 Å². The van der Waals surface area contributed by atoms with Crippen molar-refractivity contribution < 1.29 is 13.9 Å². The van der Waals surface area contributed by atoms with E-state index in [9.17, 15) is 9.18 Å². The van der Waals surface area contributed by atoms with Crippen molar-refractivity contribution in [3.8, 4) is 5.75 Å². The van der Waals surface area contributed by atoms with E-state index in [1.807, 2.05) is 19.3 Å². The SMILES string of the molecule is Cc1cnc(N2CCC([C@H]3C[C@H]3CCOc3ccc(CC(=O)N4CCc5[nH]ncc5C4)c(F)c3)CC2)nc1. The number of carbonyl (C=O) groups is 1. The molecule has 2 aliphatic heterocycles. The fourth-order valence-corrected chi connectivity index (χ4v) is 6.06. The molecule has 0 bridgehead atoms. The first kappa shape index (κ1) is 24.8. The smallest absolute Gasteiger partial charge is 0.227 e. The molecule has 0 spiro atoms. The Morgan fingerprint density at radius 3 is 2.76 bits per heavy atom. The number of carbonyl (C=O) groups excluding carboxylic acids is 1. The summed E-state index contributed by atoms with van der Waals surface area (Å²) in [7, 11) is 0. The maximum atomic E-state index is 14.8. The van der Waals surface area contributed by atoms with Crippen molar-refractivity contribution in [1.29, 1.82) is 0 Å². The van der Waals surface area contributed by atoms with E-state index >= 15 is 0 Å². The molecule has 200 valence electrons. The number of hydrogen-bond acceptors (Lipinski definition) is 6. The number of anilines is 1. The highest BCUT2D eigenvalue weighted by atomic mass is 19.1. The number of ether oxygens (including phenoxy) is 1. The molecule has 0 radical (unpaired) electrons. The normalized spacial score (nSPS) is 21.3. The molecule has 2 fully saturated rings. The monoisotopic (exact) mass is 518 g/mol. The van der Waals surface area contributed by atoms with E-state index in [0.717, 1.165) is 60.5 Å². The van der Waals surface area contributed by atoms with Gasteiger partial charge in [-0.05, 0) is 67.6 Å². The van der Waals surface area contributed by atoms with Crippen LogP contribution in [0.5, 0.6) is 5.75 Å². The number of benzene rings is 1. The Kier molecular flexibility index (Phi) is 7.00. The Morgan fingerprint density at radius 1 is 1.16 bits per heavy atom. The highest BCUT2D eigenvalue weighted by molar-refractivity contribution is 5.79. The molecular formula is C29H35FN6O2. The van der Waals surface area contributed by atoms with Crippen molar-refractivity contribution in [3.63, 3.8) is 0 Å². The molecule has 0 unspecified atom stereocenters. The number of aryl methyl sites for hydroxylation is 1. The summed E-state index contributed by atoms with van der Waals surface area (Å²) in [6, 6.07) is 4.88. The second-order valence-corrected chi connectivity index (χ2v) is 11.1. The molecule has 1 N–H and O–H groups in total. The van der Waals surface area contributed by atoms with Gasteiger partial charge in [0.1, 0.15) is 11.6 Å². The molecule has 2 atom stereocenters. The van der Waals surface area contributed by atoms with Crippen LogP contribution in [0, 0.1) is 30.5 Å². The number of nitrogens with one attached hydrogen (secondary N) is 1. The van der Waals surface area contributed by atoms with E-state index in [1.54, 1.807) is 23.2 Å². The first-order valence-corrected chi connectivity index (χ1v) is 13.8. The predicted octanol–water partition coefficient (Wildman–Crippen LogP) is 4.10. The number of H-pyrrole nitrogens is 1. The number of halogens is 1. The van der Waals surface area contributed by atoms with Gasteiger partial charge in [-0.3, -0.25) is 9.89 Å². The quantitative estimate of drug-likeness (QED) is 0.483. The van der Waals surface area contributed by atoms with Gasteiger partial charge in [0.05, 0.1) is 19.2 Å². The number of hydrogen-bond donors (Lipinski definition) is 1. The van der Waals surface area contributed by atoms with Crippen molar-refractivity contribution >= 4 is 11.9 Å². The molecule has 1 aliphatic carbocycles. The summed E-state index contributed by atoms with van der Waals surface area (Å²) in [5.41, 5.74) is 3.61. The first-order valence-electron chi connectivity index (χ1n) is 13.8. The molecule has 4 heterocycles. The van der Waals surface area contributed by atoms with E-state index in [0.29, 0.717) is 36.9 Å². The Morgan fingerprint density at radius 2 is 1.97 bits per heavy atom. The van der Waals surface area contributed by atoms with Crippen molar-refractivity contribution in [2.24, 2.45) is 17.8 Å². The molecule has 1 aromatic carbocycles. The summed E-state index contributed by atoms with van der Waals surface area (Å²) >= 11 is 0. The minimum absolute atomic E-state index is 0.0535. The largest absolute Gasteiger partial charge is 0.493 e. The molecule has 8 nitrogen and oxygen atoms in total. The van der Waals surface area contributed by atoms with E-state index in [1.165, 1.54) is 25.3 Å². The van der Waals surface area contributed by atoms with Gasteiger partial charge >= 0.3 is 0 Å². The standard InChI is InChI=1S/C29H35FN6O2/c1-19-15-31-29(32-16-19)35-8-4-20(5-9-35)25-12-21(25)7-11-38-24-3-2-22(26(30)14-24)13-28(37)36-10-6-27-23(18-36)17-33-34-27/h2-3,14-17,20-21,25H,4-13,18H2,1H3,(H,33,34)/t21-,25-/m1/s1. The molecular weight excluding hydrogens is 483 g/mol. The first-order chi connectivity index (χ1) is 18.5. The number of fused-ring (bicyclic) bond motifs is 1. The second-order valence-electron chi connectivity index (χ2n) is 11.1. The zero-order valence-electron chi connectivity index (χ0n) is 21.9. The summed E-state index contributed by atoms with van der Waals surface area (Å²) in [4.78, 5) is 25.8. The Hall–Kier alpha value is -3.49. The molecule has 1 saturated heterocycles. The molecule has 3 aliphatic rings. The number of nitrogens with zero attached hydrogens (tertiary/aromatic N) is 5. The van der Waals surface area contributed by atoms with Crippen LogP contribution in [0.1, 0.15) is 48.1 Å². The van der Waals surface area contributed by atoms with E-state index in [-0.39, 0.29) is 18.1 Å². The highest BCUT2D eigenvalue weighted by Gasteiger charge is 2.43. The van der Waals surface area contributed by atoms with Gasteiger partial charge in [-0.1, -0.05) is 6.07 Å². The third kappa shape index (κ3) is 5.51. The average molecular weight is 519 g/mol. The van der Waals surface area contributed by atoms with Crippen molar-refractivity contribution in [2.45, 2.75) is 52.0 Å². The van der Waals surface area contributed by atoms with Gasteiger partial charge in [0.2, 0.25) is 11.9 Å². The minimum atomic E-state index is -0.384. The molecule has 9 heteroatoms. The summed E-state index contributed by atoms with van der Waals surface area (Å²) in [5.74, 6) is 3.16. The van der Waals surface area contributed by atoms with Gasteiger partial charge in [0.15, 0.2) is 0 Å². The summed E-state index contributed by atoms with van der Waals surface area (Å²) in [6.45, 7) is 5.78. The molecule has 2 aromatic heterocycles. The van der Waals surface area contributed by atoms with Crippen molar-refractivity contribution in [2.75, 3.05) is 31.1 Å².